The van der Waals surface area contributed by atoms with Crippen LogP contribution in [0.5, 0.6) is 0 Å². The minimum absolute atomic E-state index is 0.0741. The predicted octanol–water partition coefficient (Wildman–Crippen LogP) is 4.05. The number of ether oxygens (including phenoxy) is 1. The van der Waals surface area contributed by atoms with Gasteiger partial charge in [0, 0.05) is 23.6 Å². The number of amides is 1. The molecule has 0 bridgehead atoms. The molecule has 0 N–H and O–H groups in total. The molecule has 25 heavy (non-hydrogen) atoms. The third kappa shape index (κ3) is 5.03. The maximum absolute atomic E-state index is 13.0. The highest BCUT2D eigenvalue weighted by Gasteiger charge is 2.25. The number of nitrogens with zero attached hydrogens (tertiary/aromatic N) is 1. The molecule has 1 fully saturated rings. The number of hydrogen-bond acceptors (Lipinski definition) is 3. The molecular weight excluding hydrogens is 344 g/mol. The molecule has 1 saturated heterocycles. The lowest BCUT2D eigenvalue weighted by molar-refractivity contribution is -0.138. The smallest absolute Gasteiger partial charge is 0.223 e. The fourth-order valence-electron chi connectivity index (χ4n) is 2.70. The van der Waals surface area contributed by atoms with E-state index in [0.717, 1.165) is 10.5 Å². The van der Waals surface area contributed by atoms with E-state index in [4.69, 9.17) is 4.74 Å². The third-order valence-electron chi connectivity index (χ3n) is 4.06. The molecule has 0 radical (unpaired) electrons. The SMILES string of the molecule is O=C(CCSc1ccc(F)cc1)N1CCOC(c2ccc(F)cc2)C1. The average molecular weight is 363 g/mol. The zero-order valence-corrected chi connectivity index (χ0v) is 14.5. The topological polar surface area (TPSA) is 29.5 Å². The first kappa shape index (κ1) is 17.9. The van der Waals surface area contributed by atoms with Crippen LogP contribution in [-0.4, -0.2) is 36.3 Å². The Morgan fingerprint density at radius 2 is 1.72 bits per heavy atom. The normalized spacial score (nSPS) is 17.5. The van der Waals surface area contributed by atoms with E-state index in [1.807, 2.05) is 0 Å². The number of carbonyl (C=O) groups excluding carboxylic acids is 1. The van der Waals surface area contributed by atoms with Crippen LogP contribution in [0.2, 0.25) is 0 Å². The van der Waals surface area contributed by atoms with Crippen molar-refractivity contribution in [3.05, 3.63) is 65.7 Å². The van der Waals surface area contributed by atoms with Gasteiger partial charge >= 0.3 is 0 Å². The molecule has 1 unspecified atom stereocenters. The lowest BCUT2D eigenvalue weighted by atomic mass is 10.1. The lowest BCUT2D eigenvalue weighted by Crippen LogP contribution is -2.42. The van der Waals surface area contributed by atoms with Gasteiger partial charge in [-0.3, -0.25) is 4.79 Å². The Morgan fingerprint density at radius 1 is 1.08 bits per heavy atom. The number of hydrogen-bond donors (Lipinski definition) is 0. The molecule has 3 nitrogen and oxygen atoms in total. The van der Waals surface area contributed by atoms with Gasteiger partial charge in [-0.05, 0) is 42.0 Å². The largest absolute Gasteiger partial charge is 0.370 e. The summed E-state index contributed by atoms with van der Waals surface area (Å²) in [6, 6.07) is 12.4. The molecule has 3 rings (SSSR count). The molecular formula is C19H19F2NO2S. The van der Waals surface area contributed by atoms with Crippen molar-refractivity contribution < 1.29 is 18.3 Å². The molecule has 0 spiro atoms. The molecule has 0 aromatic heterocycles. The molecule has 1 heterocycles. The molecule has 0 aliphatic carbocycles. The number of rotatable bonds is 5. The molecule has 2 aromatic carbocycles. The van der Waals surface area contributed by atoms with E-state index in [0.29, 0.717) is 31.9 Å². The summed E-state index contributed by atoms with van der Waals surface area (Å²) in [6.45, 7) is 1.52. The van der Waals surface area contributed by atoms with E-state index in [9.17, 15) is 13.6 Å². The summed E-state index contributed by atoms with van der Waals surface area (Å²) >= 11 is 1.53. The van der Waals surface area contributed by atoms with Gasteiger partial charge in [-0.2, -0.15) is 0 Å². The highest BCUT2D eigenvalue weighted by Crippen LogP contribution is 2.24. The van der Waals surface area contributed by atoms with E-state index in [1.165, 1.54) is 36.0 Å². The molecule has 2 aromatic rings. The highest BCUT2D eigenvalue weighted by molar-refractivity contribution is 7.99. The van der Waals surface area contributed by atoms with Gasteiger partial charge in [0.25, 0.3) is 0 Å². The Morgan fingerprint density at radius 3 is 2.40 bits per heavy atom. The van der Waals surface area contributed by atoms with E-state index in [-0.39, 0.29) is 23.6 Å². The highest BCUT2D eigenvalue weighted by atomic mass is 32.2. The Hall–Kier alpha value is -1.92. The standard InChI is InChI=1S/C19H19F2NO2S/c20-15-3-1-14(2-4-15)18-13-22(10-11-24-18)19(23)9-12-25-17-7-5-16(21)6-8-17/h1-8,18H,9-13H2. The monoisotopic (exact) mass is 363 g/mol. The second-order valence-electron chi connectivity index (χ2n) is 5.80. The van der Waals surface area contributed by atoms with E-state index in [1.54, 1.807) is 29.2 Å². The fraction of sp³-hybridized carbons (Fsp3) is 0.316. The van der Waals surface area contributed by atoms with Crippen LogP contribution >= 0.6 is 11.8 Å². The Kier molecular flexibility index (Phi) is 6.04. The number of thioether (sulfide) groups is 1. The Bertz CT molecular complexity index is 706. The van der Waals surface area contributed by atoms with Gasteiger partial charge in [-0.15, -0.1) is 11.8 Å². The van der Waals surface area contributed by atoms with Crippen LogP contribution in [0.25, 0.3) is 0 Å². The zero-order chi connectivity index (χ0) is 17.6. The second-order valence-corrected chi connectivity index (χ2v) is 6.97. The second kappa shape index (κ2) is 8.45. The van der Waals surface area contributed by atoms with Gasteiger partial charge in [0.15, 0.2) is 0 Å². The molecule has 1 atom stereocenters. The van der Waals surface area contributed by atoms with Crippen LogP contribution < -0.4 is 0 Å². The van der Waals surface area contributed by atoms with Gasteiger partial charge in [0.1, 0.15) is 17.7 Å². The predicted molar refractivity (Wildman–Crippen MR) is 93.4 cm³/mol. The summed E-state index contributed by atoms with van der Waals surface area (Å²) in [5, 5.41) is 0. The van der Waals surface area contributed by atoms with Crippen LogP contribution in [-0.2, 0) is 9.53 Å². The van der Waals surface area contributed by atoms with Gasteiger partial charge in [0.2, 0.25) is 5.91 Å². The van der Waals surface area contributed by atoms with Crippen LogP contribution in [0.4, 0.5) is 8.78 Å². The van der Waals surface area contributed by atoms with Crippen LogP contribution in [0.3, 0.4) is 0 Å². The number of morpholine rings is 1. The van der Waals surface area contributed by atoms with Gasteiger partial charge < -0.3 is 9.64 Å². The summed E-state index contributed by atoms with van der Waals surface area (Å²) < 4.78 is 31.6. The first-order valence-corrected chi connectivity index (χ1v) is 9.13. The summed E-state index contributed by atoms with van der Waals surface area (Å²) in [7, 11) is 0. The summed E-state index contributed by atoms with van der Waals surface area (Å²) in [5.41, 5.74) is 0.875. The average Bonchev–Trinajstić information content (AvgIpc) is 2.64. The van der Waals surface area contributed by atoms with Crippen molar-refractivity contribution in [2.24, 2.45) is 0 Å². The van der Waals surface area contributed by atoms with Crippen molar-refractivity contribution in [1.82, 2.24) is 4.90 Å². The minimum Gasteiger partial charge on any atom is -0.370 e. The van der Waals surface area contributed by atoms with Crippen molar-refractivity contribution in [2.75, 3.05) is 25.4 Å². The van der Waals surface area contributed by atoms with Crippen LogP contribution in [0.15, 0.2) is 53.4 Å². The summed E-state index contributed by atoms with van der Waals surface area (Å²) in [6.07, 6.45) is 0.195. The minimum atomic E-state index is -0.287. The van der Waals surface area contributed by atoms with Crippen molar-refractivity contribution in [3.63, 3.8) is 0 Å². The Balaban J connectivity index is 1.49. The fourth-order valence-corrected chi connectivity index (χ4v) is 3.54. The van der Waals surface area contributed by atoms with Crippen molar-refractivity contribution in [2.45, 2.75) is 17.4 Å². The van der Waals surface area contributed by atoms with Crippen molar-refractivity contribution in [3.8, 4) is 0 Å². The van der Waals surface area contributed by atoms with Gasteiger partial charge in [-0.25, -0.2) is 8.78 Å². The first-order valence-electron chi connectivity index (χ1n) is 8.15. The lowest BCUT2D eigenvalue weighted by Gasteiger charge is -2.33. The molecule has 0 saturated carbocycles. The van der Waals surface area contributed by atoms with E-state index >= 15 is 0 Å². The number of halogens is 2. The zero-order valence-electron chi connectivity index (χ0n) is 13.7. The summed E-state index contributed by atoms with van der Waals surface area (Å²) in [5.74, 6) is 0.166. The van der Waals surface area contributed by atoms with Gasteiger partial charge in [0.05, 0.1) is 13.2 Å². The maximum atomic E-state index is 13.0. The van der Waals surface area contributed by atoms with E-state index in [2.05, 4.69) is 0 Å². The first-order chi connectivity index (χ1) is 12.1. The number of carbonyl (C=O) groups is 1. The molecule has 6 heteroatoms. The quantitative estimate of drug-likeness (QED) is 0.751. The molecule has 132 valence electrons. The summed E-state index contributed by atoms with van der Waals surface area (Å²) in [4.78, 5) is 15.1. The molecule has 1 amide bonds. The third-order valence-corrected chi connectivity index (χ3v) is 5.07. The maximum Gasteiger partial charge on any atom is 0.223 e. The Labute approximate surface area is 150 Å². The van der Waals surface area contributed by atoms with Crippen LogP contribution in [0.1, 0.15) is 18.1 Å². The van der Waals surface area contributed by atoms with Crippen molar-refractivity contribution >= 4 is 17.7 Å². The van der Waals surface area contributed by atoms with Crippen LogP contribution in [0, 0.1) is 11.6 Å². The number of benzene rings is 2. The molecule has 1 aliphatic rings. The van der Waals surface area contributed by atoms with E-state index < -0.39 is 0 Å². The van der Waals surface area contributed by atoms with Gasteiger partial charge in [-0.1, -0.05) is 12.1 Å². The molecule has 1 aliphatic heterocycles. The van der Waals surface area contributed by atoms with Crippen molar-refractivity contribution in [1.29, 1.82) is 0 Å².